The maximum absolute atomic E-state index is 11.8. The zero-order valence-corrected chi connectivity index (χ0v) is 12.1. The molecule has 0 saturated carbocycles. The van der Waals surface area contributed by atoms with Crippen LogP contribution in [0.3, 0.4) is 0 Å². The molecule has 0 aliphatic carbocycles. The highest BCUT2D eigenvalue weighted by Crippen LogP contribution is 2.33. The third-order valence-electron chi connectivity index (χ3n) is 2.36. The molecule has 1 rings (SSSR count). The van der Waals surface area contributed by atoms with Crippen LogP contribution in [0.2, 0.25) is 0 Å². The van der Waals surface area contributed by atoms with E-state index in [4.69, 9.17) is 14.6 Å². The second kappa shape index (κ2) is 7.01. The van der Waals surface area contributed by atoms with Crippen LogP contribution in [0, 0.1) is 6.92 Å². The van der Waals surface area contributed by atoms with Crippen LogP contribution in [-0.2, 0) is 14.3 Å². The first-order chi connectivity index (χ1) is 9.38. The number of rotatable bonds is 6. The third-order valence-corrected chi connectivity index (χ3v) is 3.54. The summed E-state index contributed by atoms with van der Waals surface area (Å²) in [7, 11) is 1.47. The highest BCUT2D eigenvalue weighted by Gasteiger charge is 2.25. The van der Waals surface area contributed by atoms with E-state index in [0.29, 0.717) is 0 Å². The number of carbonyl (C=O) groups is 3. The monoisotopic (exact) mass is 301 g/mol. The van der Waals surface area contributed by atoms with Gasteiger partial charge in [-0.05, 0) is 12.5 Å². The Morgan fingerprint density at radius 2 is 1.95 bits per heavy atom. The SMILES string of the molecule is COCCOC(=O)c1sc(NC(C)=O)c(C(=O)O)c1C. The summed E-state index contributed by atoms with van der Waals surface area (Å²) in [5.41, 5.74) is 0.178. The number of hydrogen-bond donors (Lipinski definition) is 2. The molecule has 0 fully saturated rings. The van der Waals surface area contributed by atoms with Gasteiger partial charge in [0.25, 0.3) is 0 Å². The smallest absolute Gasteiger partial charge is 0.348 e. The van der Waals surface area contributed by atoms with E-state index in [9.17, 15) is 14.4 Å². The van der Waals surface area contributed by atoms with E-state index in [-0.39, 0.29) is 34.2 Å². The zero-order chi connectivity index (χ0) is 15.3. The van der Waals surface area contributed by atoms with E-state index in [2.05, 4.69) is 5.32 Å². The highest BCUT2D eigenvalue weighted by atomic mass is 32.1. The van der Waals surface area contributed by atoms with Crippen LogP contribution in [0.4, 0.5) is 5.00 Å². The zero-order valence-electron chi connectivity index (χ0n) is 11.3. The summed E-state index contributed by atoms with van der Waals surface area (Å²) in [5.74, 6) is -2.25. The number of thiophene rings is 1. The fourth-order valence-corrected chi connectivity index (χ4v) is 2.64. The summed E-state index contributed by atoms with van der Waals surface area (Å²) >= 11 is 0.881. The molecule has 7 nitrogen and oxygen atoms in total. The third kappa shape index (κ3) is 3.78. The fraction of sp³-hybridized carbons (Fsp3) is 0.417. The number of ether oxygens (including phenoxy) is 2. The van der Waals surface area contributed by atoms with Crippen LogP contribution in [0.15, 0.2) is 0 Å². The van der Waals surface area contributed by atoms with Gasteiger partial charge < -0.3 is 19.9 Å². The molecule has 2 N–H and O–H groups in total. The molecule has 0 unspecified atom stereocenters. The Hall–Kier alpha value is -1.93. The van der Waals surface area contributed by atoms with Crippen molar-refractivity contribution in [2.45, 2.75) is 13.8 Å². The van der Waals surface area contributed by atoms with Crippen molar-refractivity contribution in [3.05, 3.63) is 16.0 Å². The number of amides is 1. The summed E-state index contributed by atoms with van der Waals surface area (Å²) < 4.78 is 9.70. The van der Waals surface area contributed by atoms with E-state index >= 15 is 0 Å². The molecule has 0 radical (unpaired) electrons. The van der Waals surface area contributed by atoms with Gasteiger partial charge in [0.1, 0.15) is 16.5 Å². The molecule has 20 heavy (non-hydrogen) atoms. The number of carbonyl (C=O) groups excluding carboxylic acids is 2. The number of carboxylic acids is 1. The lowest BCUT2D eigenvalue weighted by atomic mass is 10.1. The van der Waals surface area contributed by atoms with Gasteiger partial charge in [0.2, 0.25) is 5.91 Å². The maximum atomic E-state index is 11.8. The van der Waals surface area contributed by atoms with Gasteiger partial charge >= 0.3 is 11.9 Å². The van der Waals surface area contributed by atoms with Crippen LogP contribution in [0.1, 0.15) is 32.5 Å². The van der Waals surface area contributed by atoms with Crippen molar-refractivity contribution in [2.75, 3.05) is 25.6 Å². The van der Waals surface area contributed by atoms with Crippen LogP contribution >= 0.6 is 11.3 Å². The number of aromatic carboxylic acids is 1. The van der Waals surface area contributed by atoms with Gasteiger partial charge in [-0.3, -0.25) is 4.79 Å². The quantitative estimate of drug-likeness (QED) is 0.610. The van der Waals surface area contributed by atoms with Crippen molar-refractivity contribution < 1.29 is 29.0 Å². The first-order valence-corrected chi connectivity index (χ1v) is 6.50. The normalized spacial score (nSPS) is 10.2. The van der Waals surface area contributed by atoms with Gasteiger partial charge in [-0.15, -0.1) is 11.3 Å². The summed E-state index contributed by atoms with van der Waals surface area (Å²) in [6.07, 6.45) is 0. The van der Waals surface area contributed by atoms with Crippen LogP contribution in [0.5, 0.6) is 0 Å². The van der Waals surface area contributed by atoms with Crippen molar-refractivity contribution in [1.29, 1.82) is 0 Å². The lowest BCUT2D eigenvalue weighted by Crippen LogP contribution is -2.10. The standard InChI is InChI=1S/C12H15NO6S/c1-6-8(11(15)16)10(13-7(2)14)20-9(6)12(17)19-5-4-18-3/h4-5H2,1-3H3,(H,13,14)(H,15,16). The van der Waals surface area contributed by atoms with Crippen LogP contribution in [0.25, 0.3) is 0 Å². The number of carboxylic acid groups (broad SMARTS) is 1. The van der Waals surface area contributed by atoms with Gasteiger partial charge in [-0.2, -0.15) is 0 Å². The Morgan fingerprint density at radius 1 is 1.30 bits per heavy atom. The minimum absolute atomic E-state index is 0.0740. The first kappa shape index (κ1) is 16.1. The Kier molecular flexibility index (Phi) is 5.66. The van der Waals surface area contributed by atoms with Crippen molar-refractivity contribution in [2.24, 2.45) is 0 Å². The number of hydrogen-bond acceptors (Lipinski definition) is 6. The number of methoxy groups -OCH3 is 1. The Labute approximate surface area is 119 Å². The van der Waals surface area contributed by atoms with Gasteiger partial charge in [0.15, 0.2) is 0 Å². The molecule has 0 spiro atoms. The van der Waals surface area contributed by atoms with Crippen molar-refractivity contribution in [3.63, 3.8) is 0 Å². The van der Waals surface area contributed by atoms with Crippen molar-refractivity contribution in [1.82, 2.24) is 0 Å². The Balaban J connectivity index is 3.05. The van der Waals surface area contributed by atoms with Gasteiger partial charge in [0, 0.05) is 14.0 Å². The minimum Gasteiger partial charge on any atom is -0.478 e. The number of nitrogens with one attached hydrogen (secondary N) is 1. The van der Waals surface area contributed by atoms with E-state index in [1.165, 1.54) is 21.0 Å². The van der Waals surface area contributed by atoms with Gasteiger partial charge in [0.05, 0.1) is 12.2 Å². The Bertz CT molecular complexity index is 536. The largest absolute Gasteiger partial charge is 0.478 e. The average molecular weight is 301 g/mol. The molecular formula is C12H15NO6S. The molecule has 0 bridgehead atoms. The lowest BCUT2D eigenvalue weighted by Gasteiger charge is -2.02. The van der Waals surface area contributed by atoms with Crippen LogP contribution < -0.4 is 5.32 Å². The molecular weight excluding hydrogens is 286 g/mol. The summed E-state index contributed by atoms with van der Waals surface area (Å²) in [6.45, 7) is 3.08. The molecule has 0 atom stereocenters. The summed E-state index contributed by atoms with van der Waals surface area (Å²) in [4.78, 5) is 34.3. The molecule has 0 saturated heterocycles. The second-order valence-corrected chi connectivity index (χ2v) is 4.90. The maximum Gasteiger partial charge on any atom is 0.348 e. The number of esters is 1. The van der Waals surface area contributed by atoms with E-state index in [0.717, 1.165) is 11.3 Å². The van der Waals surface area contributed by atoms with Crippen molar-refractivity contribution in [3.8, 4) is 0 Å². The minimum atomic E-state index is -1.21. The van der Waals surface area contributed by atoms with E-state index in [1.807, 2.05) is 0 Å². The first-order valence-electron chi connectivity index (χ1n) is 5.68. The fourth-order valence-electron chi connectivity index (χ4n) is 1.50. The second-order valence-electron chi connectivity index (χ2n) is 3.88. The number of anilines is 1. The molecule has 110 valence electrons. The molecule has 1 aromatic heterocycles. The summed E-state index contributed by atoms with van der Waals surface area (Å²) in [6, 6.07) is 0. The molecule has 1 amide bonds. The molecule has 8 heteroatoms. The predicted molar refractivity (Wildman–Crippen MR) is 72.5 cm³/mol. The average Bonchev–Trinajstić information content (AvgIpc) is 2.65. The summed E-state index contributed by atoms with van der Waals surface area (Å²) in [5, 5.41) is 11.7. The molecule has 0 aromatic carbocycles. The van der Waals surface area contributed by atoms with E-state index in [1.54, 1.807) is 0 Å². The molecule has 0 aliphatic heterocycles. The topological polar surface area (TPSA) is 102 Å². The van der Waals surface area contributed by atoms with Gasteiger partial charge in [-0.1, -0.05) is 0 Å². The molecule has 0 aliphatic rings. The van der Waals surface area contributed by atoms with Gasteiger partial charge in [-0.25, -0.2) is 9.59 Å². The molecule has 1 aromatic rings. The predicted octanol–water partition coefficient (Wildman–Crippen LogP) is 1.52. The Morgan fingerprint density at radius 3 is 2.45 bits per heavy atom. The lowest BCUT2D eigenvalue weighted by molar-refractivity contribution is -0.114. The van der Waals surface area contributed by atoms with E-state index < -0.39 is 17.8 Å². The highest BCUT2D eigenvalue weighted by molar-refractivity contribution is 7.18. The molecule has 1 heterocycles. The van der Waals surface area contributed by atoms with Crippen molar-refractivity contribution >= 4 is 34.2 Å². The van der Waals surface area contributed by atoms with Crippen LogP contribution in [-0.4, -0.2) is 43.3 Å².